The van der Waals surface area contributed by atoms with Gasteiger partial charge in [0.2, 0.25) is 6.17 Å². The van der Waals surface area contributed by atoms with Crippen molar-refractivity contribution in [1.82, 2.24) is 0 Å². The summed E-state index contributed by atoms with van der Waals surface area (Å²) in [4.78, 5) is 21.9. The van der Waals surface area contributed by atoms with Crippen LogP contribution in [0.1, 0.15) is 30.3 Å². The minimum atomic E-state index is -1.86. The van der Waals surface area contributed by atoms with E-state index < -0.39 is 23.2 Å². The number of hydrogen-bond acceptors (Lipinski definition) is 4. The van der Waals surface area contributed by atoms with Crippen molar-refractivity contribution in [2.45, 2.75) is 19.2 Å². The average Bonchev–Trinajstić information content (AvgIpc) is 2.54. The van der Waals surface area contributed by atoms with E-state index in [1.807, 2.05) is 0 Å². The van der Waals surface area contributed by atoms with Crippen LogP contribution in [0.25, 0.3) is 0 Å². The molecule has 6 heteroatoms. The van der Waals surface area contributed by atoms with Crippen molar-refractivity contribution in [3.8, 4) is 0 Å². The van der Waals surface area contributed by atoms with E-state index in [1.54, 1.807) is 25.1 Å². The predicted octanol–water partition coefficient (Wildman–Crippen LogP) is 3.91. The molecule has 5 nitrogen and oxygen atoms in total. The number of non-ortho nitro benzene ring substituents is 1. The number of rotatable bonds is 5. The summed E-state index contributed by atoms with van der Waals surface area (Å²) < 4.78 is 19.1. The molecule has 0 bridgehead atoms. The third-order valence-corrected chi connectivity index (χ3v) is 3.17. The van der Waals surface area contributed by atoms with Crippen molar-refractivity contribution < 1.29 is 18.8 Å². The van der Waals surface area contributed by atoms with Gasteiger partial charge in [0.15, 0.2) is 0 Å². The fourth-order valence-corrected chi connectivity index (χ4v) is 1.93. The Morgan fingerprint density at radius 2 is 1.68 bits per heavy atom. The summed E-state index contributed by atoms with van der Waals surface area (Å²) in [5, 5.41) is 10.6. The zero-order valence-corrected chi connectivity index (χ0v) is 11.8. The second kappa shape index (κ2) is 6.80. The van der Waals surface area contributed by atoms with E-state index in [4.69, 9.17) is 4.74 Å². The third-order valence-electron chi connectivity index (χ3n) is 3.17. The maximum absolute atomic E-state index is 14.0. The Morgan fingerprint density at radius 1 is 1.09 bits per heavy atom. The molecular weight excluding hydrogens is 289 g/mol. The number of esters is 1. The van der Waals surface area contributed by atoms with Gasteiger partial charge < -0.3 is 4.74 Å². The fraction of sp³-hybridized carbons (Fsp3) is 0.188. The largest absolute Gasteiger partial charge is 0.455 e. The Kier molecular flexibility index (Phi) is 4.83. The molecule has 2 aromatic rings. The van der Waals surface area contributed by atoms with Crippen LogP contribution in [0.15, 0.2) is 54.6 Å². The summed E-state index contributed by atoms with van der Waals surface area (Å²) in [6, 6.07) is 13.6. The average molecular weight is 303 g/mol. The minimum absolute atomic E-state index is 0.0602. The maximum Gasteiger partial charge on any atom is 0.346 e. The van der Waals surface area contributed by atoms with Gasteiger partial charge in [-0.3, -0.25) is 10.1 Å². The number of carbonyl (C=O) groups excluding carboxylic acids is 1. The first-order valence-corrected chi connectivity index (χ1v) is 6.63. The number of nitro benzene ring substituents is 1. The molecule has 0 saturated heterocycles. The van der Waals surface area contributed by atoms with Crippen molar-refractivity contribution in [3.63, 3.8) is 0 Å². The number of halogens is 1. The Morgan fingerprint density at radius 3 is 2.23 bits per heavy atom. The Balaban J connectivity index is 2.03. The molecule has 0 aliphatic carbocycles. The van der Waals surface area contributed by atoms with Crippen LogP contribution in [0.4, 0.5) is 10.1 Å². The van der Waals surface area contributed by atoms with E-state index >= 15 is 0 Å². The summed E-state index contributed by atoms with van der Waals surface area (Å²) >= 11 is 0. The molecule has 0 heterocycles. The molecule has 22 heavy (non-hydrogen) atoms. The maximum atomic E-state index is 14.0. The first kappa shape index (κ1) is 15.6. The third kappa shape index (κ3) is 3.66. The van der Waals surface area contributed by atoms with Gasteiger partial charge in [-0.05, 0) is 30.2 Å². The lowest BCUT2D eigenvalue weighted by Crippen LogP contribution is -2.14. The van der Waals surface area contributed by atoms with E-state index in [9.17, 15) is 19.3 Å². The number of ether oxygens (including phenoxy) is 1. The van der Waals surface area contributed by atoms with Gasteiger partial charge in [0, 0.05) is 12.1 Å². The van der Waals surface area contributed by atoms with Crippen LogP contribution in [0, 0.1) is 10.1 Å². The highest BCUT2D eigenvalue weighted by atomic mass is 19.1. The normalized spacial score (nSPS) is 13.2. The van der Waals surface area contributed by atoms with Crippen LogP contribution in [-0.4, -0.2) is 10.9 Å². The Hall–Kier alpha value is -2.76. The standard InChI is InChI=1S/C16H14FNO4/c1-11(12-7-9-14(10-8-12)18(20)21)22-16(19)15(17)13-5-3-2-4-6-13/h2-11,15H,1H3. The van der Waals surface area contributed by atoms with Gasteiger partial charge >= 0.3 is 5.97 Å². The van der Waals surface area contributed by atoms with Gasteiger partial charge in [-0.15, -0.1) is 0 Å². The number of nitrogens with zero attached hydrogens (tertiary/aromatic N) is 1. The highest BCUT2D eigenvalue weighted by molar-refractivity contribution is 5.76. The number of benzene rings is 2. The molecule has 0 radical (unpaired) electrons. The SMILES string of the molecule is CC(OC(=O)C(F)c1ccccc1)c1ccc([N+](=O)[O-])cc1. The summed E-state index contributed by atoms with van der Waals surface area (Å²) in [5.74, 6) is -0.989. The van der Waals surface area contributed by atoms with Gasteiger partial charge in [0.05, 0.1) is 4.92 Å². The second-order valence-electron chi connectivity index (χ2n) is 4.70. The molecule has 0 saturated carbocycles. The van der Waals surface area contributed by atoms with Crippen LogP contribution >= 0.6 is 0 Å². The van der Waals surface area contributed by atoms with E-state index in [1.165, 1.54) is 36.4 Å². The number of alkyl halides is 1. The van der Waals surface area contributed by atoms with E-state index in [0.717, 1.165) is 0 Å². The lowest BCUT2D eigenvalue weighted by molar-refractivity contribution is -0.384. The van der Waals surface area contributed by atoms with Gasteiger partial charge in [0.1, 0.15) is 6.10 Å². The Bertz CT molecular complexity index is 658. The lowest BCUT2D eigenvalue weighted by Gasteiger charge is -2.15. The van der Waals surface area contributed by atoms with E-state index in [0.29, 0.717) is 5.56 Å². The molecular formula is C16H14FNO4. The molecule has 2 aromatic carbocycles. The smallest absolute Gasteiger partial charge is 0.346 e. The number of hydrogen-bond donors (Lipinski definition) is 0. The molecule has 0 fully saturated rings. The molecule has 0 N–H and O–H groups in total. The van der Waals surface area contributed by atoms with Crippen molar-refractivity contribution in [2.24, 2.45) is 0 Å². The number of nitro groups is 1. The Labute approximate surface area is 126 Å². The van der Waals surface area contributed by atoms with Crippen LogP contribution in [0.2, 0.25) is 0 Å². The van der Waals surface area contributed by atoms with Gasteiger partial charge in [-0.25, -0.2) is 9.18 Å². The van der Waals surface area contributed by atoms with Crippen molar-refractivity contribution >= 4 is 11.7 Å². The topological polar surface area (TPSA) is 69.4 Å². The molecule has 114 valence electrons. The molecule has 2 atom stereocenters. The van der Waals surface area contributed by atoms with Crippen LogP contribution in [0.5, 0.6) is 0 Å². The summed E-state index contributed by atoms with van der Waals surface area (Å²) in [5.41, 5.74) is 0.720. The zero-order chi connectivity index (χ0) is 16.1. The summed E-state index contributed by atoms with van der Waals surface area (Å²) in [6.45, 7) is 1.58. The molecule has 2 rings (SSSR count). The molecule has 0 aliphatic rings. The van der Waals surface area contributed by atoms with Crippen molar-refractivity contribution in [3.05, 3.63) is 75.8 Å². The van der Waals surface area contributed by atoms with E-state index in [-0.39, 0.29) is 11.3 Å². The minimum Gasteiger partial charge on any atom is -0.455 e. The van der Waals surface area contributed by atoms with Crippen molar-refractivity contribution in [1.29, 1.82) is 0 Å². The van der Waals surface area contributed by atoms with Crippen LogP contribution in [-0.2, 0) is 9.53 Å². The summed E-state index contributed by atoms with van der Waals surface area (Å²) in [6.07, 6.45) is -2.56. The molecule has 0 aliphatic heterocycles. The van der Waals surface area contributed by atoms with Gasteiger partial charge in [-0.1, -0.05) is 30.3 Å². The predicted molar refractivity (Wildman–Crippen MR) is 77.9 cm³/mol. The molecule has 0 aromatic heterocycles. The monoisotopic (exact) mass is 303 g/mol. The highest BCUT2D eigenvalue weighted by Crippen LogP contribution is 2.25. The van der Waals surface area contributed by atoms with Gasteiger partial charge in [-0.2, -0.15) is 0 Å². The second-order valence-corrected chi connectivity index (χ2v) is 4.70. The number of carbonyl (C=O) groups is 1. The quantitative estimate of drug-likeness (QED) is 0.477. The van der Waals surface area contributed by atoms with E-state index in [2.05, 4.69) is 0 Å². The first-order valence-electron chi connectivity index (χ1n) is 6.63. The first-order chi connectivity index (χ1) is 10.5. The van der Waals surface area contributed by atoms with Crippen molar-refractivity contribution in [2.75, 3.05) is 0 Å². The molecule has 0 amide bonds. The van der Waals surface area contributed by atoms with Crippen LogP contribution in [0.3, 0.4) is 0 Å². The van der Waals surface area contributed by atoms with Crippen LogP contribution < -0.4 is 0 Å². The zero-order valence-electron chi connectivity index (χ0n) is 11.8. The summed E-state index contributed by atoms with van der Waals surface area (Å²) in [7, 11) is 0. The molecule has 2 unspecified atom stereocenters. The van der Waals surface area contributed by atoms with Gasteiger partial charge in [0.25, 0.3) is 5.69 Å². The fourth-order valence-electron chi connectivity index (χ4n) is 1.93. The lowest BCUT2D eigenvalue weighted by atomic mass is 10.1. The molecule has 0 spiro atoms. The highest BCUT2D eigenvalue weighted by Gasteiger charge is 2.23.